The van der Waals surface area contributed by atoms with Gasteiger partial charge in [0.15, 0.2) is 0 Å². The molecule has 1 aromatic carbocycles. The third-order valence-electron chi connectivity index (χ3n) is 3.21. The number of carbonyl (C=O) groups is 1. The second kappa shape index (κ2) is 6.21. The minimum Gasteiger partial charge on any atom is -0.393 e. The van der Waals surface area contributed by atoms with Crippen molar-refractivity contribution in [3.8, 4) is 0 Å². The maximum atomic E-state index is 12.9. The second-order valence-electron chi connectivity index (χ2n) is 4.73. The molecule has 1 saturated carbocycles. The molecule has 0 spiro atoms. The Morgan fingerprint density at radius 2 is 2.00 bits per heavy atom. The summed E-state index contributed by atoms with van der Waals surface area (Å²) in [5, 5.41) is 14.9. The monoisotopic (exact) mass is 286 g/mol. The van der Waals surface area contributed by atoms with Crippen molar-refractivity contribution in [1.82, 2.24) is 5.32 Å². The van der Waals surface area contributed by atoms with E-state index in [9.17, 15) is 14.3 Å². The van der Waals surface area contributed by atoms with Crippen LogP contribution >= 0.6 is 11.6 Å². The molecule has 2 amide bonds. The number of anilines is 1. The molecule has 1 aliphatic rings. The lowest BCUT2D eigenvalue weighted by molar-refractivity contribution is 0.118. The highest BCUT2D eigenvalue weighted by Gasteiger charge is 2.20. The minimum atomic E-state index is -0.447. The van der Waals surface area contributed by atoms with Crippen LogP contribution in [0.4, 0.5) is 14.9 Å². The Morgan fingerprint density at radius 3 is 2.63 bits per heavy atom. The number of halogens is 2. The first-order valence-corrected chi connectivity index (χ1v) is 6.63. The van der Waals surface area contributed by atoms with Crippen molar-refractivity contribution in [2.24, 2.45) is 0 Å². The van der Waals surface area contributed by atoms with Crippen molar-refractivity contribution < 1.29 is 14.3 Å². The fourth-order valence-electron chi connectivity index (χ4n) is 2.15. The molecule has 1 fully saturated rings. The Bertz CT molecular complexity index is 462. The summed E-state index contributed by atoms with van der Waals surface area (Å²) < 4.78 is 12.9. The fraction of sp³-hybridized carbons (Fsp3) is 0.462. The van der Waals surface area contributed by atoms with Crippen molar-refractivity contribution in [1.29, 1.82) is 0 Å². The summed E-state index contributed by atoms with van der Waals surface area (Å²) >= 11 is 5.82. The van der Waals surface area contributed by atoms with E-state index < -0.39 is 5.82 Å². The summed E-state index contributed by atoms with van der Waals surface area (Å²) in [7, 11) is 0. The summed E-state index contributed by atoms with van der Waals surface area (Å²) in [6, 6.07) is 3.49. The standard InChI is InChI=1S/C13H16ClFN2O2/c14-11-7-8(15)1-6-12(11)17-13(19)16-9-2-4-10(18)5-3-9/h1,6-7,9-10,18H,2-5H2,(H2,16,17,19). The molecule has 0 radical (unpaired) electrons. The van der Waals surface area contributed by atoms with Crippen molar-refractivity contribution >= 4 is 23.3 Å². The van der Waals surface area contributed by atoms with Gasteiger partial charge < -0.3 is 15.7 Å². The number of benzene rings is 1. The average Bonchev–Trinajstić information content (AvgIpc) is 2.36. The van der Waals surface area contributed by atoms with Crippen LogP contribution in [0.1, 0.15) is 25.7 Å². The predicted octanol–water partition coefficient (Wildman–Crippen LogP) is 2.90. The van der Waals surface area contributed by atoms with Gasteiger partial charge >= 0.3 is 6.03 Å². The van der Waals surface area contributed by atoms with Crippen LogP contribution in [0.5, 0.6) is 0 Å². The number of aliphatic hydroxyl groups excluding tert-OH is 1. The molecule has 1 aromatic rings. The van der Waals surface area contributed by atoms with Crippen molar-refractivity contribution in [2.75, 3.05) is 5.32 Å². The number of hydrogen-bond acceptors (Lipinski definition) is 2. The van der Waals surface area contributed by atoms with Crippen LogP contribution in [-0.4, -0.2) is 23.3 Å². The average molecular weight is 287 g/mol. The van der Waals surface area contributed by atoms with Crippen LogP contribution in [0.2, 0.25) is 5.02 Å². The Kier molecular flexibility index (Phi) is 4.61. The Morgan fingerprint density at radius 1 is 1.32 bits per heavy atom. The Balaban J connectivity index is 1.87. The second-order valence-corrected chi connectivity index (χ2v) is 5.14. The molecule has 0 bridgehead atoms. The third-order valence-corrected chi connectivity index (χ3v) is 3.52. The zero-order valence-electron chi connectivity index (χ0n) is 10.3. The first kappa shape index (κ1) is 14.1. The smallest absolute Gasteiger partial charge is 0.319 e. The van der Waals surface area contributed by atoms with E-state index in [4.69, 9.17) is 11.6 Å². The number of rotatable bonds is 2. The topological polar surface area (TPSA) is 61.4 Å². The van der Waals surface area contributed by atoms with Crippen LogP contribution in [0, 0.1) is 5.82 Å². The third kappa shape index (κ3) is 4.08. The predicted molar refractivity (Wildman–Crippen MR) is 71.8 cm³/mol. The van der Waals surface area contributed by atoms with Crippen molar-refractivity contribution in [3.63, 3.8) is 0 Å². The highest BCUT2D eigenvalue weighted by atomic mass is 35.5. The van der Waals surface area contributed by atoms with Gasteiger partial charge in [-0.05, 0) is 43.9 Å². The molecule has 4 nitrogen and oxygen atoms in total. The highest BCUT2D eigenvalue weighted by Crippen LogP contribution is 2.23. The first-order chi connectivity index (χ1) is 9.04. The van der Waals surface area contributed by atoms with Gasteiger partial charge in [-0.3, -0.25) is 0 Å². The molecule has 19 heavy (non-hydrogen) atoms. The van der Waals surface area contributed by atoms with E-state index in [1.165, 1.54) is 12.1 Å². The Hall–Kier alpha value is -1.33. The highest BCUT2D eigenvalue weighted by molar-refractivity contribution is 6.33. The van der Waals surface area contributed by atoms with E-state index in [-0.39, 0.29) is 23.2 Å². The van der Waals surface area contributed by atoms with E-state index in [1.807, 2.05) is 0 Å². The van der Waals surface area contributed by atoms with Crippen LogP contribution < -0.4 is 10.6 Å². The van der Waals surface area contributed by atoms with E-state index >= 15 is 0 Å². The maximum absolute atomic E-state index is 12.9. The van der Waals surface area contributed by atoms with Crippen LogP contribution in [0.15, 0.2) is 18.2 Å². The molecule has 2 rings (SSSR count). The van der Waals surface area contributed by atoms with E-state index in [0.717, 1.165) is 18.9 Å². The van der Waals surface area contributed by atoms with Gasteiger partial charge in [-0.2, -0.15) is 0 Å². The molecule has 0 atom stereocenters. The number of nitrogens with one attached hydrogen (secondary N) is 2. The van der Waals surface area contributed by atoms with Crippen molar-refractivity contribution in [2.45, 2.75) is 37.8 Å². The zero-order valence-corrected chi connectivity index (χ0v) is 11.1. The number of urea groups is 1. The largest absolute Gasteiger partial charge is 0.393 e. The Labute approximate surface area is 116 Å². The van der Waals surface area contributed by atoms with E-state index in [2.05, 4.69) is 10.6 Å². The van der Waals surface area contributed by atoms with Gasteiger partial charge in [-0.1, -0.05) is 11.6 Å². The first-order valence-electron chi connectivity index (χ1n) is 6.25. The molecule has 0 saturated heterocycles. The molecular formula is C13H16ClFN2O2. The SMILES string of the molecule is O=C(Nc1ccc(F)cc1Cl)NC1CCC(O)CC1. The van der Waals surface area contributed by atoms with Crippen LogP contribution in [0.25, 0.3) is 0 Å². The molecule has 0 heterocycles. The lowest BCUT2D eigenvalue weighted by Gasteiger charge is -2.26. The maximum Gasteiger partial charge on any atom is 0.319 e. The number of aliphatic hydroxyl groups is 1. The summed E-state index contributed by atoms with van der Waals surface area (Å²) in [4.78, 5) is 11.8. The minimum absolute atomic E-state index is 0.0580. The van der Waals surface area contributed by atoms with E-state index in [1.54, 1.807) is 0 Å². The fourth-order valence-corrected chi connectivity index (χ4v) is 2.37. The summed E-state index contributed by atoms with van der Waals surface area (Å²) in [6.45, 7) is 0. The molecular weight excluding hydrogens is 271 g/mol. The van der Waals surface area contributed by atoms with Gasteiger partial charge in [0, 0.05) is 6.04 Å². The van der Waals surface area contributed by atoms with Crippen molar-refractivity contribution in [3.05, 3.63) is 29.0 Å². The molecule has 0 aromatic heterocycles. The zero-order chi connectivity index (χ0) is 13.8. The molecule has 1 aliphatic carbocycles. The van der Waals surface area contributed by atoms with Gasteiger partial charge in [-0.15, -0.1) is 0 Å². The van der Waals surface area contributed by atoms with Gasteiger partial charge in [-0.25, -0.2) is 9.18 Å². The summed E-state index contributed by atoms with van der Waals surface area (Å²) in [5.41, 5.74) is 0.372. The van der Waals surface area contributed by atoms with Crippen LogP contribution in [0.3, 0.4) is 0 Å². The van der Waals surface area contributed by atoms with Gasteiger partial charge in [0.1, 0.15) is 5.82 Å². The molecule has 3 N–H and O–H groups in total. The number of carbonyl (C=O) groups excluding carboxylic acids is 1. The molecule has 0 unspecified atom stereocenters. The van der Waals surface area contributed by atoms with Gasteiger partial charge in [0.2, 0.25) is 0 Å². The quantitative estimate of drug-likeness (QED) is 0.783. The normalized spacial score (nSPS) is 22.9. The summed E-state index contributed by atoms with van der Waals surface area (Å²) in [5.74, 6) is -0.447. The number of hydrogen-bond donors (Lipinski definition) is 3. The summed E-state index contributed by atoms with van der Waals surface area (Å²) in [6.07, 6.45) is 2.65. The van der Waals surface area contributed by atoms with Gasteiger partial charge in [0.05, 0.1) is 16.8 Å². The molecule has 6 heteroatoms. The lowest BCUT2D eigenvalue weighted by Crippen LogP contribution is -2.40. The lowest BCUT2D eigenvalue weighted by atomic mass is 9.93. The van der Waals surface area contributed by atoms with Crippen LogP contribution in [-0.2, 0) is 0 Å². The number of amides is 2. The molecule has 0 aliphatic heterocycles. The molecule has 104 valence electrons. The van der Waals surface area contributed by atoms with Gasteiger partial charge in [0.25, 0.3) is 0 Å². The van der Waals surface area contributed by atoms with E-state index in [0.29, 0.717) is 18.5 Å².